The molecule has 80 valence electrons. The normalized spacial score (nSPS) is 12.8. The van der Waals surface area contributed by atoms with Crippen LogP contribution in [0.25, 0.3) is 0 Å². The monoisotopic (exact) mass is 228 g/mol. The van der Waals surface area contributed by atoms with Crippen LogP contribution in [0.1, 0.15) is 27.7 Å². The Hall–Kier alpha value is 0.500. The quantitative estimate of drug-likeness (QED) is 0.648. The van der Waals surface area contributed by atoms with Crippen LogP contribution in [0.2, 0.25) is 0 Å². The molecule has 0 fully saturated rings. The minimum atomic E-state index is -3.47. The first kappa shape index (κ1) is 13.5. The van der Waals surface area contributed by atoms with Gasteiger partial charge in [0, 0.05) is 0 Å². The van der Waals surface area contributed by atoms with Gasteiger partial charge in [0.2, 0.25) is 0 Å². The van der Waals surface area contributed by atoms with Crippen molar-refractivity contribution in [3.8, 4) is 0 Å². The van der Waals surface area contributed by atoms with Crippen molar-refractivity contribution in [2.45, 2.75) is 27.7 Å². The second kappa shape index (κ2) is 6.07. The molecule has 0 saturated heterocycles. The fourth-order valence-electron chi connectivity index (χ4n) is 0.513. The molecule has 2 nitrogen and oxygen atoms in total. The van der Waals surface area contributed by atoms with Gasteiger partial charge >= 0.3 is 6.80 Å². The molecule has 0 bridgehead atoms. The standard InChI is InChI=1S/C8H18FO2PS/c1-7(2)5-10-12(9,13)11-6-8(3)4/h7-8H,5-6H2,1-4H3. The van der Waals surface area contributed by atoms with Crippen LogP contribution in [-0.2, 0) is 20.9 Å². The molecule has 0 aromatic heterocycles. The lowest BCUT2D eigenvalue weighted by Gasteiger charge is -2.15. The van der Waals surface area contributed by atoms with Crippen molar-refractivity contribution >= 4 is 18.6 Å². The summed E-state index contributed by atoms with van der Waals surface area (Å²) in [6.07, 6.45) is 0. The Morgan fingerprint density at radius 3 is 1.62 bits per heavy atom. The van der Waals surface area contributed by atoms with Crippen molar-refractivity contribution in [2.24, 2.45) is 11.8 Å². The highest BCUT2D eigenvalue weighted by molar-refractivity contribution is 8.07. The summed E-state index contributed by atoms with van der Waals surface area (Å²) < 4.78 is 23.0. The highest BCUT2D eigenvalue weighted by Crippen LogP contribution is 2.50. The molecule has 0 aliphatic heterocycles. The molecule has 0 saturated carbocycles. The summed E-state index contributed by atoms with van der Waals surface area (Å²) in [5.41, 5.74) is 0. The molecule has 0 aliphatic carbocycles. The molecule has 0 unspecified atom stereocenters. The average Bonchev–Trinajstić information content (AvgIpc) is 1.98. The maximum atomic E-state index is 13.3. The average molecular weight is 228 g/mol. The second-order valence-electron chi connectivity index (χ2n) is 3.81. The molecular formula is C8H18FO2PS. The molecule has 0 N–H and O–H groups in total. The molecule has 0 spiro atoms. The van der Waals surface area contributed by atoms with E-state index in [1.807, 2.05) is 27.7 Å². The van der Waals surface area contributed by atoms with Gasteiger partial charge in [-0.25, -0.2) is 0 Å². The molecule has 0 radical (unpaired) electrons. The zero-order valence-corrected chi connectivity index (χ0v) is 10.3. The fraction of sp³-hybridized carbons (Fsp3) is 1.00. The Morgan fingerprint density at radius 1 is 1.08 bits per heavy atom. The van der Waals surface area contributed by atoms with Crippen LogP contribution in [0, 0.1) is 11.8 Å². The van der Waals surface area contributed by atoms with E-state index in [1.165, 1.54) is 0 Å². The van der Waals surface area contributed by atoms with Crippen LogP contribution in [0.3, 0.4) is 0 Å². The van der Waals surface area contributed by atoms with E-state index in [-0.39, 0.29) is 11.8 Å². The Kier molecular flexibility index (Phi) is 6.31. The van der Waals surface area contributed by atoms with Crippen LogP contribution in [0.5, 0.6) is 0 Å². The van der Waals surface area contributed by atoms with Gasteiger partial charge in [0.1, 0.15) is 0 Å². The fourth-order valence-corrected chi connectivity index (χ4v) is 1.91. The lowest BCUT2D eigenvalue weighted by atomic mass is 10.2. The SMILES string of the molecule is CC(C)COP(F)(=S)OCC(C)C. The second-order valence-corrected chi connectivity index (χ2v) is 6.50. The van der Waals surface area contributed by atoms with Gasteiger partial charge in [-0.2, -0.15) is 4.20 Å². The molecule has 0 aromatic rings. The predicted molar refractivity (Wildman–Crippen MR) is 57.0 cm³/mol. The van der Waals surface area contributed by atoms with Gasteiger partial charge in [0.15, 0.2) is 0 Å². The minimum Gasteiger partial charge on any atom is -0.305 e. The van der Waals surface area contributed by atoms with Crippen molar-refractivity contribution in [3.63, 3.8) is 0 Å². The maximum Gasteiger partial charge on any atom is 0.365 e. The van der Waals surface area contributed by atoms with Crippen LogP contribution < -0.4 is 0 Å². The highest BCUT2D eigenvalue weighted by atomic mass is 32.5. The summed E-state index contributed by atoms with van der Waals surface area (Å²) in [5.74, 6) is 0.557. The van der Waals surface area contributed by atoms with E-state index < -0.39 is 6.80 Å². The van der Waals surface area contributed by atoms with E-state index in [0.29, 0.717) is 13.2 Å². The molecule has 0 heterocycles. The van der Waals surface area contributed by atoms with Gasteiger partial charge in [-0.1, -0.05) is 27.7 Å². The van der Waals surface area contributed by atoms with Gasteiger partial charge < -0.3 is 9.05 Å². The first-order chi connectivity index (χ1) is 5.83. The third-order valence-corrected chi connectivity index (χ3v) is 2.67. The Labute approximate surface area is 85.1 Å². The van der Waals surface area contributed by atoms with Gasteiger partial charge in [-0.15, -0.1) is 0 Å². The minimum absolute atomic E-state index is 0.278. The predicted octanol–water partition coefficient (Wildman–Crippen LogP) is 3.53. The lowest BCUT2D eigenvalue weighted by Crippen LogP contribution is -2.03. The molecule has 13 heavy (non-hydrogen) atoms. The van der Waals surface area contributed by atoms with Gasteiger partial charge in [-0.3, -0.25) is 0 Å². The van der Waals surface area contributed by atoms with Crippen LogP contribution in [0.15, 0.2) is 0 Å². The van der Waals surface area contributed by atoms with Gasteiger partial charge in [-0.05, 0) is 23.6 Å². The summed E-state index contributed by atoms with van der Waals surface area (Å²) in [5, 5.41) is 0. The zero-order chi connectivity index (χ0) is 10.5. The van der Waals surface area contributed by atoms with E-state index in [4.69, 9.17) is 9.05 Å². The third kappa shape index (κ3) is 8.82. The molecular weight excluding hydrogens is 210 g/mol. The number of rotatable bonds is 6. The molecule has 0 amide bonds. The van der Waals surface area contributed by atoms with E-state index in [9.17, 15) is 4.20 Å². The third-order valence-electron chi connectivity index (χ3n) is 1.12. The summed E-state index contributed by atoms with van der Waals surface area (Å²) in [6, 6.07) is 0. The molecule has 0 aromatic carbocycles. The summed E-state index contributed by atoms with van der Waals surface area (Å²) in [4.78, 5) is 0. The Bertz CT molecular complexity index is 169. The largest absolute Gasteiger partial charge is 0.365 e. The highest BCUT2D eigenvalue weighted by Gasteiger charge is 2.18. The van der Waals surface area contributed by atoms with E-state index in [2.05, 4.69) is 11.8 Å². The first-order valence-corrected chi connectivity index (χ1v) is 6.95. The number of hydrogen-bond acceptors (Lipinski definition) is 3. The van der Waals surface area contributed by atoms with Gasteiger partial charge in [0.05, 0.1) is 13.2 Å². The van der Waals surface area contributed by atoms with Gasteiger partial charge in [0.25, 0.3) is 0 Å². The van der Waals surface area contributed by atoms with Crippen molar-refractivity contribution in [3.05, 3.63) is 0 Å². The molecule has 0 rings (SSSR count). The van der Waals surface area contributed by atoms with Crippen molar-refractivity contribution < 1.29 is 13.2 Å². The summed E-state index contributed by atoms with van der Waals surface area (Å²) in [6.45, 7) is 4.95. The summed E-state index contributed by atoms with van der Waals surface area (Å²) >= 11 is 4.58. The Morgan fingerprint density at radius 2 is 1.38 bits per heavy atom. The van der Waals surface area contributed by atoms with Crippen LogP contribution in [0.4, 0.5) is 4.20 Å². The molecule has 0 aliphatic rings. The van der Waals surface area contributed by atoms with E-state index >= 15 is 0 Å². The van der Waals surface area contributed by atoms with E-state index in [1.54, 1.807) is 0 Å². The van der Waals surface area contributed by atoms with Crippen molar-refractivity contribution in [1.29, 1.82) is 0 Å². The number of halogens is 1. The lowest BCUT2D eigenvalue weighted by molar-refractivity contribution is 0.186. The summed E-state index contributed by atoms with van der Waals surface area (Å²) in [7, 11) is 0. The van der Waals surface area contributed by atoms with Crippen molar-refractivity contribution in [2.75, 3.05) is 13.2 Å². The van der Waals surface area contributed by atoms with Crippen LogP contribution >= 0.6 is 6.80 Å². The molecule has 5 heteroatoms. The number of hydrogen-bond donors (Lipinski definition) is 0. The smallest absolute Gasteiger partial charge is 0.305 e. The molecule has 0 atom stereocenters. The Balaban J connectivity index is 3.74. The van der Waals surface area contributed by atoms with Crippen molar-refractivity contribution in [1.82, 2.24) is 0 Å². The zero-order valence-electron chi connectivity index (χ0n) is 8.62. The maximum absolute atomic E-state index is 13.3. The van der Waals surface area contributed by atoms with Crippen LogP contribution in [-0.4, -0.2) is 13.2 Å². The topological polar surface area (TPSA) is 18.5 Å². The van der Waals surface area contributed by atoms with E-state index in [0.717, 1.165) is 0 Å². The first-order valence-electron chi connectivity index (χ1n) is 4.42.